The molecule has 2 atom stereocenters. The lowest BCUT2D eigenvalue weighted by Gasteiger charge is -2.32. The lowest BCUT2D eigenvalue weighted by Crippen LogP contribution is -2.45. The van der Waals surface area contributed by atoms with Gasteiger partial charge in [0.1, 0.15) is 0 Å². The number of unbranched alkanes of at least 4 members (excludes halogenated alkanes) is 13. The summed E-state index contributed by atoms with van der Waals surface area (Å²) in [7, 11) is 1.47. The smallest absolute Gasteiger partial charge is 0.313 e. The van der Waals surface area contributed by atoms with E-state index in [2.05, 4.69) is 6.92 Å². The van der Waals surface area contributed by atoms with Crippen molar-refractivity contribution in [1.29, 1.82) is 0 Å². The van der Waals surface area contributed by atoms with Gasteiger partial charge in [-0.3, -0.25) is 4.79 Å². The van der Waals surface area contributed by atoms with Crippen LogP contribution in [0.2, 0.25) is 0 Å². The van der Waals surface area contributed by atoms with Gasteiger partial charge in [-0.05, 0) is 19.8 Å². The summed E-state index contributed by atoms with van der Waals surface area (Å²) in [4.78, 5) is 12.1. The van der Waals surface area contributed by atoms with Gasteiger partial charge in [0.05, 0.1) is 12.5 Å². The minimum absolute atomic E-state index is 0.114. The predicted molar refractivity (Wildman–Crippen MR) is 113 cm³/mol. The van der Waals surface area contributed by atoms with Crippen molar-refractivity contribution < 1.29 is 9.53 Å². The second-order valence-corrected chi connectivity index (χ2v) is 8.27. The van der Waals surface area contributed by atoms with Crippen molar-refractivity contribution in [1.82, 2.24) is 0 Å². The molecule has 0 saturated carbocycles. The van der Waals surface area contributed by atoms with Gasteiger partial charge in [0.2, 0.25) is 0 Å². The molecule has 26 heavy (non-hydrogen) atoms. The van der Waals surface area contributed by atoms with Crippen LogP contribution in [0.5, 0.6) is 0 Å². The Hall–Kier alpha value is -0.570. The molecule has 0 spiro atoms. The van der Waals surface area contributed by atoms with E-state index < -0.39 is 5.41 Å². The van der Waals surface area contributed by atoms with Gasteiger partial charge in [0, 0.05) is 6.04 Å². The van der Waals surface area contributed by atoms with Crippen LogP contribution in [0.1, 0.15) is 124 Å². The van der Waals surface area contributed by atoms with E-state index in [9.17, 15) is 4.79 Å². The fourth-order valence-corrected chi connectivity index (χ4v) is 3.81. The summed E-state index contributed by atoms with van der Waals surface area (Å²) >= 11 is 0. The highest BCUT2D eigenvalue weighted by Gasteiger charge is 2.38. The molecule has 0 amide bonds. The van der Waals surface area contributed by atoms with E-state index in [4.69, 9.17) is 10.5 Å². The van der Waals surface area contributed by atoms with Crippen LogP contribution >= 0.6 is 0 Å². The van der Waals surface area contributed by atoms with Crippen molar-refractivity contribution in [3.8, 4) is 0 Å². The van der Waals surface area contributed by atoms with Gasteiger partial charge in [-0.15, -0.1) is 0 Å². The maximum Gasteiger partial charge on any atom is 0.313 e. The van der Waals surface area contributed by atoms with Gasteiger partial charge in [0.25, 0.3) is 0 Å². The molecule has 3 nitrogen and oxygen atoms in total. The third-order valence-corrected chi connectivity index (χ3v) is 5.96. The van der Waals surface area contributed by atoms with Crippen molar-refractivity contribution in [3.63, 3.8) is 0 Å². The third-order valence-electron chi connectivity index (χ3n) is 5.96. The zero-order chi connectivity index (χ0) is 19.7. The van der Waals surface area contributed by atoms with E-state index >= 15 is 0 Å². The van der Waals surface area contributed by atoms with Gasteiger partial charge < -0.3 is 10.5 Å². The molecule has 0 fully saturated rings. The Bertz CT molecular complexity index is 332. The number of hydrogen-bond acceptors (Lipinski definition) is 3. The molecule has 156 valence electrons. The van der Waals surface area contributed by atoms with E-state index in [-0.39, 0.29) is 12.0 Å². The molecule has 0 radical (unpaired) electrons. The number of carbonyl (C=O) groups excluding carboxylic acids is 1. The highest BCUT2D eigenvalue weighted by Crippen LogP contribution is 2.31. The van der Waals surface area contributed by atoms with Crippen LogP contribution in [0, 0.1) is 5.41 Å². The Morgan fingerprint density at radius 2 is 1.19 bits per heavy atom. The maximum atomic E-state index is 12.1. The Morgan fingerprint density at radius 3 is 1.54 bits per heavy atom. The number of nitrogens with two attached hydrogens (primary N) is 1. The second-order valence-electron chi connectivity index (χ2n) is 8.27. The summed E-state index contributed by atoms with van der Waals surface area (Å²) in [5, 5.41) is 0. The minimum Gasteiger partial charge on any atom is -0.469 e. The molecule has 0 aliphatic rings. The maximum absolute atomic E-state index is 12.1. The Morgan fingerprint density at radius 1 is 0.808 bits per heavy atom. The van der Waals surface area contributed by atoms with Gasteiger partial charge >= 0.3 is 5.97 Å². The number of esters is 1. The SMILES string of the molecule is CCCCCCCCCCCCCCCCC(C)(C(=O)OC)C(N)CC. The monoisotopic (exact) mass is 369 g/mol. The summed E-state index contributed by atoms with van der Waals surface area (Å²) in [6, 6.07) is -0.114. The first-order chi connectivity index (χ1) is 12.5. The van der Waals surface area contributed by atoms with Crippen LogP contribution < -0.4 is 5.73 Å². The van der Waals surface area contributed by atoms with Gasteiger partial charge in [0.15, 0.2) is 0 Å². The van der Waals surface area contributed by atoms with Gasteiger partial charge in [-0.1, -0.05) is 104 Å². The highest BCUT2D eigenvalue weighted by atomic mass is 16.5. The Balaban J connectivity index is 3.58. The minimum atomic E-state index is -0.527. The second kappa shape index (κ2) is 16.6. The average molecular weight is 370 g/mol. The van der Waals surface area contributed by atoms with E-state index in [1.54, 1.807) is 0 Å². The molecule has 0 rings (SSSR count). The lowest BCUT2D eigenvalue weighted by molar-refractivity contribution is -0.153. The van der Waals surface area contributed by atoms with Crippen LogP contribution in [0.3, 0.4) is 0 Å². The van der Waals surface area contributed by atoms with Crippen molar-refractivity contribution in [2.45, 2.75) is 130 Å². The first-order valence-electron chi connectivity index (χ1n) is 11.4. The number of rotatable bonds is 18. The van der Waals surface area contributed by atoms with Crippen molar-refractivity contribution in [2.24, 2.45) is 11.1 Å². The standard InChI is InChI=1S/C23H47NO2/c1-5-7-8-9-10-11-12-13-14-15-16-17-18-19-20-23(3,21(24)6-2)22(25)26-4/h21H,5-20,24H2,1-4H3. The summed E-state index contributed by atoms with van der Waals surface area (Å²) in [6.07, 6.45) is 20.5. The van der Waals surface area contributed by atoms with Crippen LogP contribution in [0.25, 0.3) is 0 Å². The Labute approximate surface area is 163 Å². The van der Waals surface area contributed by atoms with Crippen LogP contribution in [0.4, 0.5) is 0 Å². The van der Waals surface area contributed by atoms with Crippen LogP contribution in [0.15, 0.2) is 0 Å². The molecular weight excluding hydrogens is 322 g/mol. The average Bonchev–Trinajstić information content (AvgIpc) is 2.66. The fraction of sp³-hybridized carbons (Fsp3) is 0.957. The zero-order valence-corrected chi connectivity index (χ0v) is 18.3. The van der Waals surface area contributed by atoms with Crippen molar-refractivity contribution in [3.05, 3.63) is 0 Å². The topological polar surface area (TPSA) is 52.3 Å². The first-order valence-corrected chi connectivity index (χ1v) is 11.4. The fourth-order valence-electron chi connectivity index (χ4n) is 3.81. The molecule has 0 aromatic rings. The predicted octanol–water partition coefficient (Wildman–Crippen LogP) is 6.77. The van der Waals surface area contributed by atoms with E-state index in [1.807, 2.05) is 13.8 Å². The van der Waals surface area contributed by atoms with E-state index in [1.165, 1.54) is 90.6 Å². The number of methoxy groups -OCH3 is 1. The molecule has 2 unspecified atom stereocenters. The molecule has 0 heterocycles. The molecule has 0 saturated heterocycles. The van der Waals surface area contributed by atoms with Crippen molar-refractivity contribution in [2.75, 3.05) is 7.11 Å². The number of hydrogen-bond donors (Lipinski definition) is 1. The van der Waals surface area contributed by atoms with Crippen molar-refractivity contribution >= 4 is 5.97 Å². The molecule has 0 aromatic carbocycles. The quantitative estimate of drug-likeness (QED) is 0.214. The zero-order valence-electron chi connectivity index (χ0n) is 18.3. The third kappa shape index (κ3) is 11.2. The van der Waals surface area contributed by atoms with E-state index in [0.717, 1.165) is 19.3 Å². The van der Waals surface area contributed by atoms with Crippen LogP contribution in [-0.4, -0.2) is 19.1 Å². The molecule has 0 aliphatic carbocycles. The summed E-state index contributed by atoms with van der Waals surface area (Å²) in [5.41, 5.74) is 5.65. The van der Waals surface area contributed by atoms with Crippen LogP contribution in [-0.2, 0) is 9.53 Å². The van der Waals surface area contributed by atoms with Gasteiger partial charge in [-0.2, -0.15) is 0 Å². The number of carbonyl (C=O) groups is 1. The molecule has 0 bridgehead atoms. The molecule has 3 heteroatoms. The summed E-state index contributed by atoms with van der Waals surface area (Å²) in [5.74, 6) is -0.151. The molecular formula is C23H47NO2. The van der Waals surface area contributed by atoms with Gasteiger partial charge in [-0.25, -0.2) is 0 Å². The molecule has 0 aliphatic heterocycles. The van der Waals surface area contributed by atoms with E-state index in [0.29, 0.717) is 0 Å². The molecule has 0 aromatic heterocycles. The summed E-state index contributed by atoms with van der Waals surface area (Å²) < 4.78 is 4.99. The number of ether oxygens (including phenoxy) is 1. The molecule has 2 N–H and O–H groups in total. The highest BCUT2D eigenvalue weighted by molar-refractivity contribution is 5.77. The first kappa shape index (κ1) is 25.4. The lowest BCUT2D eigenvalue weighted by atomic mass is 9.77. The normalized spacial score (nSPS) is 14.8. The summed E-state index contributed by atoms with van der Waals surface area (Å²) in [6.45, 7) is 6.28. The largest absolute Gasteiger partial charge is 0.469 e. The Kier molecular flexibility index (Phi) is 16.2.